The van der Waals surface area contributed by atoms with Crippen LogP contribution in [0.1, 0.15) is 23.0 Å². The van der Waals surface area contributed by atoms with Crippen molar-refractivity contribution in [3.8, 4) is 0 Å². The average molecular weight is 355 g/mol. The second-order valence-electron chi connectivity index (χ2n) is 5.98. The van der Waals surface area contributed by atoms with E-state index in [-0.39, 0.29) is 12.5 Å². The number of ether oxygens (including phenoxy) is 1. The third-order valence-corrected chi connectivity index (χ3v) is 4.32. The van der Waals surface area contributed by atoms with E-state index in [1.165, 1.54) is 12.7 Å². The number of carbonyl (C=O) groups excluding carboxylic acids is 1. The first-order valence-corrected chi connectivity index (χ1v) is 8.15. The molecule has 3 aromatic rings. The van der Waals surface area contributed by atoms with Crippen LogP contribution in [-0.4, -0.2) is 54.5 Å². The van der Waals surface area contributed by atoms with Crippen LogP contribution in [-0.2, 0) is 4.74 Å². The van der Waals surface area contributed by atoms with Gasteiger partial charge in [-0.3, -0.25) is 9.36 Å². The number of nitrogens with zero attached hydrogens (tertiary/aromatic N) is 4. The maximum Gasteiger partial charge on any atom is 0.256 e. The highest BCUT2D eigenvalue weighted by molar-refractivity contribution is 6.06. The third-order valence-electron chi connectivity index (χ3n) is 4.32. The predicted molar refractivity (Wildman–Crippen MR) is 91.3 cm³/mol. The Kier molecular flexibility index (Phi) is 4.33. The van der Waals surface area contributed by atoms with Gasteiger partial charge in [-0.15, -0.1) is 0 Å². The average Bonchev–Trinajstić information content (AvgIpc) is 3.26. The summed E-state index contributed by atoms with van der Waals surface area (Å²) in [6.07, 6.45) is 1.26. The highest BCUT2D eigenvalue weighted by atomic mass is 16.5. The zero-order valence-electron chi connectivity index (χ0n) is 13.7. The van der Waals surface area contributed by atoms with Crippen molar-refractivity contribution in [2.75, 3.05) is 11.9 Å². The molecule has 0 aliphatic carbocycles. The second-order valence-corrected chi connectivity index (χ2v) is 5.98. The van der Waals surface area contributed by atoms with Crippen molar-refractivity contribution < 1.29 is 19.7 Å². The van der Waals surface area contributed by atoms with E-state index < -0.39 is 18.4 Å². The Morgan fingerprint density at radius 1 is 1.27 bits per heavy atom. The van der Waals surface area contributed by atoms with Crippen LogP contribution in [0.15, 0.2) is 43.0 Å². The van der Waals surface area contributed by atoms with E-state index in [9.17, 15) is 15.0 Å². The van der Waals surface area contributed by atoms with E-state index in [1.54, 1.807) is 28.8 Å². The van der Waals surface area contributed by atoms with Gasteiger partial charge in [0.15, 0.2) is 17.0 Å². The molecule has 3 atom stereocenters. The first kappa shape index (κ1) is 16.6. The van der Waals surface area contributed by atoms with E-state index in [2.05, 4.69) is 20.3 Å². The zero-order chi connectivity index (χ0) is 18.1. The zero-order valence-corrected chi connectivity index (χ0v) is 13.7. The van der Waals surface area contributed by atoms with Gasteiger partial charge in [0.1, 0.15) is 18.7 Å². The third kappa shape index (κ3) is 2.92. The summed E-state index contributed by atoms with van der Waals surface area (Å²) in [7, 11) is 0. The molecule has 9 nitrogen and oxygen atoms in total. The number of aromatic nitrogens is 4. The van der Waals surface area contributed by atoms with Crippen LogP contribution in [0.3, 0.4) is 0 Å². The van der Waals surface area contributed by atoms with Crippen LogP contribution in [0.5, 0.6) is 0 Å². The summed E-state index contributed by atoms with van der Waals surface area (Å²) in [5, 5.41) is 21.9. The Balaban J connectivity index is 1.63. The van der Waals surface area contributed by atoms with Crippen LogP contribution >= 0.6 is 0 Å². The number of anilines is 1. The molecule has 1 aliphatic rings. The minimum Gasteiger partial charge on any atom is -0.394 e. The Morgan fingerprint density at radius 2 is 2.08 bits per heavy atom. The lowest BCUT2D eigenvalue weighted by Gasteiger charge is -2.13. The minimum absolute atomic E-state index is 0.266. The van der Waals surface area contributed by atoms with Gasteiger partial charge in [-0.2, -0.15) is 0 Å². The molecule has 1 aliphatic heterocycles. The summed E-state index contributed by atoms with van der Waals surface area (Å²) in [5.41, 5.74) is 1.40. The Morgan fingerprint density at radius 3 is 2.81 bits per heavy atom. The molecule has 1 aromatic carbocycles. The van der Waals surface area contributed by atoms with E-state index in [4.69, 9.17) is 4.74 Å². The van der Waals surface area contributed by atoms with Gasteiger partial charge in [0.2, 0.25) is 0 Å². The molecule has 9 heteroatoms. The summed E-state index contributed by atoms with van der Waals surface area (Å²) in [6.45, 7) is -0.266. The summed E-state index contributed by atoms with van der Waals surface area (Å²) in [4.78, 5) is 25.0. The van der Waals surface area contributed by atoms with Crippen molar-refractivity contribution >= 4 is 22.9 Å². The number of rotatable bonds is 4. The van der Waals surface area contributed by atoms with Gasteiger partial charge < -0.3 is 20.3 Å². The first-order chi connectivity index (χ1) is 12.7. The Hall–Kier alpha value is -2.88. The van der Waals surface area contributed by atoms with Crippen LogP contribution < -0.4 is 5.32 Å². The Bertz CT molecular complexity index is 929. The molecule has 3 unspecified atom stereocenters. The number of hydrogen-bond donors (Lipinski definition) is 3. The smallest absolute Gasteiger partial charge is 0.256 e. The molecule has 0 spiro atoms. The molecule has 134 valence electrons. The van der Waals surface area contributed by atoms with E-state index in [0.29, 0.717) is 29.0 Å². The molecule has 1 fully saturated rings. The number of carbonyl (C=O) groups is 1. The molecule has 1 amide bonds. The number of benzene rings is 1. The summed E-state index contributed by atoms with van der Waals surface area (Å²) in [6, 6.07) is 8.79. The lowest BCUT2D eigenvalue weighted by atomic mass is 10.2. The lowest BCUT2D eigenvalue weighted by Crippen LogP contribution is -2.24. The number of amides is 1. The van der Waals surface area contributed by atoms with Crippen molar-refractivity contribution in [3.63, 3.8) is 0 Å². The largest absolute Gasteiger partial charge is 0.394 e. The van der Waals surface area contributed by atoms with Gasteiger partial charge in [-0.1, -0.05) is 18.2 Å². The molecule has 4 rings (SSSR count). The van der Waals surface area contributed by atoms with Crippen molar-refractivity contribution in [1.82, 2.24) is 19.5 Å². The number of aliphatic hydroxyl groups excluding tert-OH is 2. The lowest BCUT2D eigenvalue weighted by molar-refractivity contribution is -0.0432. The van der Waals surface area contributed by atoms with Gasteiger partial charge in [0.25, 0.3) is 5.91 Å². The van der Waals surface area contributed by atoms with Gasteiger partial charge in [-0.05, 0) is 12.1 Å². The maximum absolute atomic E-state index is 12.4. The minimum atomic E-state index is -0.762. The van der Waals surface area contributed by atoms with Crippen molar-refractivity contribution in [2.24, 2.45) is 0 Å². The van der Waals surface area contributed by atoms with Crippen LogP contribution in [0.4, 0.5) is 5.82 Å². The molecule has 26 heavy (non-hydrogen) atoms. The van der Waals surface area contributed by atoms with E-state index in [0.717, 1.165) is 0 Å². The van der Waals surface area contributed by atoms with Crippen LogP contribution in [0, 0.1) is 0 Å². The number of fused-ring (bicyclic) bond motifs is 1. The van der Waals surface area contributed by atoms with E-state index in [1.807, 2.05) is 6.07 Å². The predicted octanol–water partition coefficient (Wildman–Crippen LogP) is 0.719. The van der Waals surface area contributed by atoms with Crippen molar-refractivity contribution in [1.29, 1.82) is 0 Å². The van der Waals surface area contributed by atoms with Crippen LogP contribution in [0.25, 0.3) is 11.2 Å². The fourth-order valence-corrected chi connectivity index (χ4v) is 2.97. The van der Waals surface area contributed by atoms with Gasteiger partial charge in [0, 0.05) is 12.0 Å². The molecule has 2 aromatic heterocycles. The highest BCUT2D eigenvalue weighted by Gasteiger charge is 2.35. The molecule has 1 saturated heterocycles. The number of imidazole rings is 1. The molecule has 3 heterocycles. The SMILES string of the molecule is O=C(Nc1ncnc2c1ncn2C1CC(O)C(CO)O1)c1ccccc1. The molecule has 3 N–H and O–H groups in total. The van der Waals surface area contributed by atoms with Crippen molar-refractivity contribution in [3.05, 3.63) is 48.5 Å². The molecule has 0 bridgehead atoms. The summed E-state index contributed by atoms with van der Waals surface area (Å²) < 4.78 is 7.30. The van der Waals surface area contributed by atoms with Gasteiger partial charge in [0.05, 0.1) is 19.0 Å². The standard InChI is InChI=1S/C17H17N5O4/c23-7-12-11(24)6-13(26-12)22-9-20-14-15(18-8-19-16(14)22)21-17(25)10-4-2-1-3-5-10/h1-5,8-9,11-13,23-24H,6-7H2,(H,18,19,21,25). The second kappa shape index (κ2) is 6.79. The first-order valence-electron chi connectivity index (χ1n) is 8.15. The number of hydrogen-bond acceptors (Lipinski definition) is 7. The summed E-state index contributed by atoms with van der Waals surface area (Å²) in [5.74, 6) is -0.00658. The Labute approximate surface area is 148 Å². The van der Waals surface area contributed by atoms with Crippen LogP contribution in [0.2, 0.25) is 0 Å². The van der Waals surface area contributed by atoms with Gasteiger partial charge in [-0.25, -0.2) is 15.0 Å². The topological polar surface area (TPSA) is 122 Å². The quantitative estimate of drug-likeness (QED) is 0.630. The monoisotopic (exact) mass is 355 g/mol. The summed E-state index contributed by atoms with van der Waals surface area (Å²) >= 11 is 0. The maximum atomic E-state index is 12.4. The van der Waals surface area contributed by atoms with Gasteiger partial charge >= 0.3 is 0 Å². The molecule has 0 saturated carbocycles. The number of aliphatic hydroxyl groups is 2. The molecular weight excluding hydrogens is 338 g/mol. The van der Waals surface area contributed by atoms with E-state index >= 15 is 0 Å². The number of nitrogens with one attached hydrogen (secondary N) is 1. The fraction of sp³-hybridized carbons (Fsp3) is 0.294. The highest BCUT2D eigenvalue weighted by Crippen LogP contribution is 2.31. The van der Waals surface area contributed by atoms with Crippen molar-refractivity contribution in [2.45, 2.75) is 24.9 Å². The molecular formula is C17H17N5O4. The normalized spacial score (nSPS) is 22.6. The fourth-order valence-electron chi connectivity index (χ4n) is 2.97. The molecule has 0 radical (unpaired) electrons.